The maximum Gasteiger partial charge on any atom is 0.365 e. The molecule has 2 aliphatic rings. The normalized spacial score (nSPS) is 17.8. The molecule has 0 unspecified atom stereocenters. The maximum absolute atomic E-state index is 13.9. The van der Waals surface area contributed by atoms with E-state index in [1.54, 1.807) is 24.5 Å². The molecule has 9 nitrogen and oxygen atoms in total. The molecule has 0 atom stereocenters. The van der Waals surface area contributed by atoms with Crippen molar-refractivity contribution in [2.75, 3.05) is 26.2 Å². The van der Waals surface area contributed by atoms with E-state index in [4.69, 9.17) is 14.9 Å². The molecule has 0 spiro atoms. The molecule has 4 heterocycles. The standard InChI is InChI=1S/C22H19FN6O3.ClH/c23-16-5-4-15(14-6-12-31-19(14)16)20-26-17(21(30)32-20)13-28-8-10-29(11-9-28)22(24)27-18-3-1-2-7-25-18;/h1-7,12-13H,8-11H2,(H2,24,25,27);1H/b17-13+;. The number of aliphatic imine (C=N–C) groups is 2. The molecule has 1 aromatic carbocycles. The van der Waals surface area contributed by atoms with Crippen molar-refractivity contribution >= 4 is 47.0 Å². The van der Waals surface area contributed by atoms with Crippen LogP contribution >= 0.6 is 12.4 Å². The van der Waals surface area contributed by atoms with E-state index < -0.39 is 11.8 Å². The number of esters is 1. The van der Waals surface area contributed by atoms with Crippen LogP contribution < -0.4 is 5.73 Å². The Morgan fingerprint density at radius 1 is 1.15 bits per heavy atom. The summed E-state index contributed by atoms with van der Waals surface area (Å²) in [7, 11) is 0. The number of halogens is 2. The summed E-state index contributed by atoms with van der Waals surface area (Å²) < 4.78 is 24.4. The summed E-state index contributed by atoms with van der Waals surface area (Å²) in [5, 5.41) is 0.495. The minimum Gasteiger partial charge on any atom is -0.461 e. The molecule has 1 fully saturated rings. The van der Waals surface area contributed by atoms with Crippen molar-refractivity contribution in [1.82, 2.24) is 14.8 Å². The van der Waals surface area contributed by atoms with Gasteiger partial charge in [-0.15, -0.1) is 12.4 Å². The molecule has 11 heteroatoms. The topological polar surface area (TPSA) is 110 Å². The monoisotopic (exact) mass is 470 g/mol. The molecule has 1 saturated heterocycles. The minimum absolute atomic E-state index is 0. The number of nitrogens with two attached hydrogens (primary N) is 1. The van der Waals surface area contributed by atoms with E-state index in [1.807, 2.05) is 21.9 Å². The van der Waals surface area contributed by atoms with Gasteiger partial charge < -0.3 is 24.7 Å². The summed E-state index contributed by atoms with van der Waals surface area (Å²) in [5.74, 6) is 0.0329. The molecular weight excluding hydrogens is 451 g/mol. The number of aromatic nitrogens is 1. The van der Waals surface area contributed by atoms with Crippen LogP contribution in [-0.4, -0.2) is 58.8 Å². The van der Waals surface area contributed by atoms with Crippen LogP contribution in [0.15, 0.2) is 75.2 Å². The smallest absolute Gasteiger partial charge is 0.365 e. The third-order valence-electron chi connectivity index (χ3n) is 5.24. The number of carbonyl (C=O) groups excluding carboxylic acids is 1. The van der Waals surface area contributed by atoms with Crippen molar-refractivity contribution in [3.05, 3.63) is 72.1 Å². The Bertz CT molecular complexity index is 1270. The zero-order chi connectivity index (χ0) is 22.1. The van der Waals surface area contributed by atoms with Crippen LogP contribution in [0.3, 0.4) is 0 Å². The number of cyclic esters (lactones) is 1. The van der Waals surface area contributed by atoms with Gasteiger partial charge in [-0.1, -0.05) is 6.07 Å². The highest BCUT2D eigenvalue weighted by atomic mass is 35.5. The lowest BCUT2D eigenvalue weighted by Gasteiger charge is -2.34. The number of pyridine rings is 1. The lowest BCUT2D eigenvalue weighted by atomic mass is 10.1. The van der Waals surface area contributed by atoms with E-state index in [9.17, 15) is 9.18 Å². The van der Waals surface area contributed by atoms with Gasteiger partial charge in [-0.2, -0.15) is 4.99 Å². The van der Waals surface area contributed by atoms with Gasteiger partial charge >= 0.3 is 5.97 Å². The summed E-state index contributed by atoms with van der Waals surface area (Å²) in [4.78, 5) is 29.1. The molecule has 2 aliphatic heterocycles. The highest BCUT2D eigenvalue weighted by Gasteiger charge is 2.28. The van der Waals surface area contributed by atoms with Crippen molar-refractivity contribution in [2.24, 2.45) is 15.7 Å². The van der Waals surface area contributed by atoms with E-state index in [2.05, 4.69) is 15.0 Å². The lowest BCUT2D eigenvalue weighted by molar-refractivity contribution is -0.130. The van der Waals surface area contributed by atoms with E-state index >= 15 is 0 Å². The van der Waals surface area contributed by atoms with Gasteiger partial charge in [-0.3, -0.25) is 0 Å². The predicted octanol–water partition coefficient (Wildman–Crippen LogP) is 2.80. The second-order valence-corrected chi connectivity index (χ2v) is 7.26. The van der Waals surface area contributed by atoms with Gasteiger partial charge in [0.15, 0.2) is 28.9 Å². The molecule has 0 radical (unpaired) electrons. The summed E-state index contributed by atoms with van der Waals surface area (Å²) in [6, 6.07) is 9.84. The SMILES string of the molecule is Cl.N/C(=N\c1ccccn1)N1CCN(/C=C2/N=C(c3ccc(F)c4occc34)OC2=O)CC1. The first-order valence-corrected chi connectivity index (χ1v) is 10.0. The Kier molecular flexibility index (Phi) is 6.27. The average molecular weight is 471 g/mol. The molecule has 33 heavy (non-hydrogen) atoms. The Labute approximate surface area is 194 Å². The summed E-state index contributed by atoms with van der Waals surface area (Å²) in [6.07, 6.45) is 4.72. The van der Waals surface area contributed by atoms with E-state index in [-0.39, 0.29) is 29.6 Å². The van der Waals surface area contributed by atoms with E-state index in [0.717, 1.165) is 0 Å². The number of benzene rings is 1. The van der Waals surface area contributed by atoms with Crippen LogP contribution in [0.5, 0.6) is 0 Å². The van der Waals surface area contributed by atoms with Crippen molar-refractivity contribution in [2.45, 2.75) is 0 Å². The van der Waals surface area contributed by atoms with Crippen LogP contribution in [0, 0.1) is 5.82 Å². The van der Waals surface area contributed by atoms with E-state index in [0.29, 0.717) is 48.9 Å². The van der Waals surface area contributed by atoms with Crippen LogP contribution in [0.4, 0.5) is 10.2 Å². The predicted molar refractivity (Wildman–Crippen MR) is 123 cm³/mol. The molecular formula is C22H20ClFN6O3. The highest BCUT2D eigenvalue weighted by Crippen LogP contribution is 2.27. The largest absolute Gasteiger partial charge is 0.461 e. The van der Waals surface area contributed by atoms with Crippen LogP contribution in [-0.2, 0) is 9.53 Å². The summed E-state index contributed by atoms with van der Waals surface area (Å²) in [6.45, 7) is 2.52. The molecule has 0 saturated carbocycles. The van der Waals surface area contributed by atoms with Crippen LogP contribution in [0.25, 0.3) is 11.0 Å². The van der Waals surface area contributed by atoms with E-state index in [1.165, 1.54) is 18.4 Å². The molecule has 0 aliphatic carbocycles. The highest BCUT2D eigenvalue weighted by molar-refractivity contribution is 6.15. The van der Waals surface area contributed by atoms with Gasteiger partial charge in [0.25, 0.3) is 0 Å². The minimum atomic E-state index is -0.556. The Morgan fingerprint density at radius 2 is 1.97 bits per heavy atom. The van der Waals surface area contributed by atoms with Gasteiger partial charge in [0.1, 0.15) is 0 Å². The van der Waals surface area contributed by atoms with Crippen LogP contribution in [0.1, 0.15) is 5.56 Å². The third-order valence-corrected chi connectivity index (χ3v) is 5.24. The average Bonchev–Trinajstić information content (AvgIpc) is 3.43. The number of fused-ring (bicyclic) bond motifs is 1. The van der Waals surface area contributed by atoms with Crippen molar-refractivity contribution in [1.29, 1.82) is 0 Å². The molecule has 3 aromatic rings. The number of furan rings is 1. The van der Waals surface area contributed by atoms with Crippen LogP contribution in [0.2, 0.25) is 0 Å². The summed E-state index contributed by atoms with van der Waals surface area (Å²) >= 11 is 0. The Balaban J connectivity index is 0.00000259. The van der Waals surface area contributed by atoms with Gasteiger partial charge in [0.05, 0.1) is 6.26 Å². The third kappa shape index (κ3) is 4.51. The number of hydrogen-bond acceptors (Lipinski definition) is 7. The number of nitrogens with zero attached hydrogens (tertiary/aromatic N) is 5. The fourth-order valence-electron chi connectivity index (χ4n) is 3.59. The molecule has 170 valence electrons. The molecule has 2 aromatic heterocycles. The number of carbonyl (C=O) groups is 1. The Hall–Kier alpha value is -3.92. The first kappa shape index (κ1) is 22.3. The lowest BCUT2D eigenvalue weighted by Crippen LogP contribution is -2.49. The molecule has 2 N–H and O–H groups in total. The second kappa shape index (κ2) is 9.29. The number of rotatable bonds is 3. The molecule has 0 bridgehead atoms. The molecule has 0 amide bonds. The van der Waals surface area contributed by atoms with Gasteiger partial charge in [-0.25, -0.2) is 19.2 Å². The van der Waals surface area contributed by atoms with Crippen molar-refractivity contribution in [3.63, 3.8) is 0 Å². The molecule has 5 rings (SSSR count). The first-order chi connectivity index (χ1) is 15.6. The number of ether oxygens (including phenoxy) is 1. The van der Waals surface area contributed by atoms with Gasteiger partial charge in [0, 0.05) is 49.5 Å². The fraction of sp³-hybridized carbons (Fsp3) is 0.182. The van der Waals surface area contributed by atoms with Gasteiger partial charge in [0.2, 0.25) is 5.90 Å². The van der Waals surface area contributed by atoms with Gasteiger partial charge in [-0.05, 0) is 30.3 Å². The zero-order valence-corrected chi connectivity index (χ0v) is 18.2. The Morgan fingerprint density at radius 3 is 2.73 bits per heavy atom. The maximum atomic E-state index is 13.9. The second-order valence-electron chi connectivity index (χ2n) is 7.26. The number of guanidine groups is 1. The fourth-order valence-corrected chi connectivity index (χ4v) is 3.59. The first-order valence-electron chi connectivity index (χ1n) is 10.0. The number of hydrogen-bond donors (Lipinski definition) is 1. The quantitative estimate of drug-likeness (QED) is 0.271. The zero-order valence-electron chi connectivity index (χ0n) is 17.3. The van der Waals surface area contributed by atoms with Crippen molar-refractivity contribution in [3.8, 4) is 0 Å². The van der Waals surface area contributed by atoms with Crippen molar-refractivity contribution < 1.29 is 18.3 Å². The summed E-state index contributed by atoms with van der Waals surface area (Å²) in [5.41, 5.74) is 6.89. The number of piperazine rings is 1.